The molecule has 0 aromatic carbocycles. The zero-order chi connectivity index (χ0) is 15.7. The van der Waals surface area contributed by atoms with Gasteiger partial charge < -0.3 is 19.8 Å². The van der Waals surface area contributed by atoms with E-state index in [0.717, 1.165) is 18.1 Å². The standard InChI is InChI=1S/C14H23N5O3/c1-10-13(16-22-15-10)18-5-7-19(8-6-18)14(21)11-9-17(2)4-3-12(11)20/h11-12,20H,3-9H2,1-2H3/t11-,12-/m1/s1. The summed E-state index contributed by atoms with van der Waals surface area (Å²) in [6.45, 7) is 6.02. The van der Waals surface area contributed by atoms with Crippen LogP contribution in [0.25, 0.3) is 0 Å². The summed E-state index contributed by atoms with van der Waals surface area (Å²) in [4.78, 5) is 18.7. The number of hydrogen-bond acceptors (Lipinski definition) is 7. The van der Waals surface area contributed by atoms with Crippen molar-refractivity contribution in [3.63, 3.8) is 0 Å². The number of aliphatic hydroxyl groups excluding tert-OH is 1. The van der Waals surface area contributed by atoms with E-state index < -0.39 is 6.10 Å². The van der Waals surface area contributed by atoms with Crippen molar-refractivity contribution in [2.45, 2.75) is 19.4 Å². The lowest BCUT2D eigenvalue weighted by Crippen LogP contribution is -2.55. The Bertz CT molecular complexity index is 526. The molecule has 1 amide bonds. The SMILES string of the molecule is Cc1nonc1N1CCN(C(=O)[C@@H]2CN(C)CC[C@H]2O)CC1. The van der Waals surface area contributed by atoms with Gasteiger partial charge in [0.25, 0.3) is 0 Å². The van der Waals surface area contributed by atoms with Gasteiger partial charge in [0.05, 0.1) is 12.0 Å². The molecule has 8 nitrogen and oxygen atoms in total. The van der Waals surface area contributed by atoms with Crippen LogP contribution in [0.3, 0.4) is 0 Å². The normalized spacial score (nSPS) is 27.2. The molecular formula is C14H23N5O3. The quantitative estimate of drug-likeness (QED) is 0.776. The smallest absolute Gasteiger partial charge is 0.229 e. The number of nitrogens with zero attached hydrogens (tertiary/aromatic N) is 5. The van der Waals surface area contributed by atoms with E-state index in [4.69, 9.17) is 4.63 Å². The number of aryl methyl sites for hydroxylation is 1. The Morgan fingerprint density at radius 2 is 1.95 bits per heavy atom. The van der Waals surface area contributed by atoms with E-state index in [1.165, 1.54) is 0 Å². The van der Waals surface area contributed by atoms with Crippen molar-refractivity contribution in [2.75, 3.05) is 51.2 Å². The average molecular weight is 309 g/mol. The fourth-order valence-corrected chi connectivity index (χ4v) is 3.23. The average Bonchev–Trinajstić information content (AvgIpc) is 2.95. The van der Waals surface area contributed by atoms with Crippen LogP contribution in [-0.4, -0.2) is 83.5 Å². The van der Waals surface area contributed by atoms with E-state index >= 15 is 0 Å². The molecule has 0 unspecified atom stereocenters. The zero-order valence-corrected chi connectivity index (χ0v) is 13.1. The van der Waals surface area contributed by atoms with E-state index in [1.54, 1.807) is 0 Å². The molecule has 0 saturated carbocycles. The van der Waals surface area contributed by atoms with Gasteiger partial charge in [-0.05, 0) is 25.5 Å². The maximum Gasteiger partial charge on any atom is 0.229 e. The molecule has 8 heteroatoms. The fraction of sp³-hybridized carbons (Fsp3) is 0.786. The van der Waals surface area contributed by atoms with E-state index in [0.29, 0.717) is 39.1 Å². The summed E-state index contributed by atoms with van der Waals surface area (Å²) in [6, 6.07) is 0. The van der Waals surface area contributed by atoms with E-state index in [1.807, 2.05) is 18.9 Å². The minimum Gasteiger partial charge on any atom is -0.392 e. The third-order valence-electron chi connectivity index (χ3n) is 4.62. The van der Waals surface area contributed by atoms with Gasteiger partial charge in [0.15, 0.2) is 5.82 Å². The summed E-state index contributed by atoms with van der Waals surface area (Å²) >= 11 is 0. The van der Waals surface area contributed by atoms with Crippen LogP contribution >= 0.6 is 0 Å². The molecule has 2 fully saturated rings. The number of anilines is 1. The van der Waals surface area contributed by atoms with Crippen LogP contribution < -0.4 is 4.90 Å². The molecule has 2 saturated heterocycles. The van der Waals surface area contributed by atoms with Crippen molar-refractivity contribution in [1.82, 2.24) is 20.1 Å². The van der Waals surface area contributed by atoms with Crippen LogP contribution in [0.4, 0.5) is 5.82 Å². The number of aromatic nitrogens is 2. The first-order chi connectivity index (χ1) is 10.6. The number of hydrogen-bond donors (Lipinski definition) is 1. The van der Waals surface area contributed by atoms with E-state index in [9.17, 15) is 9.90 Å². The maximum atomic E-state index is 12.6. The Balaban J connectivity index is 1.59. The molecule has 3 rings (SSSR count). The fourth-order valence-electron chi connectivity index (χ4n) is 3.23. The first-order valence-electron chi connectivity index (χ1n) is 7.75. The predicted molar refractivity (Wildman–Crippen MR) is 79.4 cm³/mol. The van der Waals surface area contributed by atoms with Crippen LogP contribution in [0.5, 0.6) is 0 Å². The minimum atomic E-state index is -0.524. The molecule has 2 aliphatic rings. The molecule has 2 atom stereocenters. The summed E-state index contributed by atoms with van der Waals surface area (Å²) in [5.41, 5.74) is 0.768. The molecular weight excluding hydrogens is 286 g/mol. The highest BCUT2D eigenvalue weighted by molar-refractivity contribution is 5.80. The number of piperidine rings is 1. The van der Waals surface area contributed by atoms with Crippen molar-refractivity contribution < 1.29 is 14.5 Å². The van der Waals surface area contributed by atoms with Crippen LogP contribution in [0.2, 0.25) is 0 Å². The topological polar surface area (TPSA) is 85.9 Å². The van der Waals surface area contributed by atoms with Gasteiger partial charge in [-0.15, -0.1) is 0 Å². The Hall–Kier alpha value is -1.67. The monoisotopic (exact) mass is 309 g/mol. The summed E-state index contributed by atoms with van der Waals surface area (Å²) in [5, 5.41) is 17.8. The number of aliphatic hydroxyl groups is 1. The summed E-state index contributed by atoms with van der Waals surface area (Å²) < 4.78 is 4.73. The number of likely N-dealkylation sites (tertiary alicyclic amines) is 1. The highest BCUT2D eigenvalue weighted by Gasteiger charge is 2.36. The third-order valence-corrected chi connectivity index (χ3v) is 4.62. The lowest BCUT2D eigenvalue weighted by molar-refractivity contribution is -0.142. The summed E-state index contributed by atoms with van der Waals surface area (Å²) in [6.07, 6.45) is 0.139. The second kappa shape index (κ2) is 6.21. The lowest BCUT2D eigenvalue weighted by atomic mass is 9.93. The van der Waals surface area contributed by atoms with Crippen molar-refractivity contribution >= 4 is 11.7 Å². The summed E-state index contributed by atoms with van der Waals surface area (Å²) in [7, 11) is 1.99. The van der Waals surface area contributed by atoms with Crippen LogP contribution in [0.1, 0.15) is 12.1 Å². The lowest BCUT2D eigenvalue weighted by Gasteiger charge is -2.39. The minimum absolute atomic E-state index is 0.0636. The largest absolute Gasteiger partial charge is 0.392 e. The maximum absolute atomic E-state index is 12.6. The Morgan fingerprint density at radius 1 is 1.23 bits per heavy atom. The van der Waals surface area contributed by atoms with Gasteiger partial charge in [-0.1, -0.05) is 5.16 Å². The van der Waals surface area contributed by atoms with Crippen molar-refractivity contribution in [3.05, 3.63) is 5.69 Å². The van der Waals surface area contributed by atoms with Crippen molar-refractivity contribution in [2.24, 2.45) is 5.92 Å². The number of carbonyl (C=O) groups excluding carboxylic acids is 1. The first-order valence-corrected chi connectivity index (χ1v) is 7.75. The van der Waals surface area contributed by atoms with Crippen LogP contribution in [0, 0.1) is 12.8 Å². The number of piperazine rings is 1. The number of rotatable bonds is 2. The van der Waals surface area contributed by atoms with Crippen LogP contribution in [-0.2, 0) is 4.79 Å². The molecule has 1 N–H and O–H groups in total. The highest BCUT2D eigenvalue weighted by atomic mass is 16.6. The molecule has 1 aromatic heterocycles. The van der Waals surface area contributed by atoms with Crippen LogP contribution in [0.15, 0.2) is 4.63 Å². The molecule has 3 heterocycles. The second-order valence-corrected chi connectivity index (χ2v) is 6.21. The molecule has 22 heavy (non-hydrogen) atoms. The molecule has 0 radical (unpaired) electrons. The van der Waals surface area contributed by atoms with Gasteiger partial charge in [-0.2, -0.15) is 0 Å². The van der Waals surface area contributed by atoms with Gasteiger partial charge in [-0.25, -0.2) is 4.63 Å². The van der Waals surface area contributed by atoms with Crippen molar-refractivity contribution in [1.29, 1.82) is 0 Å². The van der Waals surface area contributed by atoms with Gasteiger partial charge in [0.2, 0.25) is 5.91 Å². The molecule has 2 aliphatic heterocycles. The first kappa shape index (κ1) is 15.2. The highest BCUT2D eigenvalue weighted by Crippen LogP contribution is 2.21. The second-order valence-electron chi connectivity index (χ2n) is 6.21. The molecule has 122 valence electrons. The van der Waals surface area contributed by atoms with E-state index in [-0.39, 0.29) is 11.8 Å². The van der Waals surface area contributed by atoms with Gasteiger partial charge in [0.1, 0.15) is 5.69 Å². The van der Waals surface area contributed by atoms with E-state index in [2.05, 4.69) is 20.1 Å². The number of amides is 1. The molecule has 0 aliphatic carbocycles. The van der Waals surface area contributed by atoms with Gasteiger partial charge >= 0.3 is 0 Å². The Kier molecular flexibility index (Phi) is 4.30. The predicted octanol–water partition coefficient (Wildman–Crippen LogP) is -0.661. The Labute approximate surface area is 129 Å². The molecule has 0 bridgehead atoms. The zero-order valence-electron chi connectivity index (χ0n) is 13.1. The summed E-state index contributed by atoms with van der Waals surface area (Å²) in [5.74, 6) is 0.513. The van der Waals surface area contributed by atoms with Gasteiger partial charge in [-0.3, -0.25) is 4.79 Å². The molecule has 0 spiro atoms. The molecule has 1 aromatic rings. The van der Waals surface area contributed by atoms with Crippen molar-refractivity contribution in [3.8, 4) is 0 Å². The third kappa shape index (κ3) is 2.93. The van der Waals surface area contributed by atoms with Gasteiger partial charge in [0, 0.05) is 39.3 Å². The number of carbonyl (C=O) groups is 1. The Morgan fingerprint density at radius 3 is 2.59 bits per heavy atom.